The van der Waals surface area contributed by atoms with Gasteiger partial charge in [0.1, 0.15) is 22.0 Å². The molecule has 1 unspecified atom stereocenters. The zero-order valence-electron chi connectivity index (χ0n) is 21.0. The summed E-state index contributed by atoms with van der Waals surface area (Å²) >= 11 is 0.900. The van der Waals surface area contributed by atoms with E-state index in [1.807, 2.05) is 19.1 Å². The molecule has 1 aliphatic rings. The van der Waals surface area contributed by atoms with E-state index >= 15 is 0 Å². The highest BCUT2D eigenvalue weighted by molar-refractivity contribution is 7.17. The third kappa shape index (κ3) is 3.95. The summed E-state index contributed by atoms with van der Waals surface area (Å²) in [7, 11) is 0. The third-order valence-electron chi connectivity index (χ3n) is 6.39. The van der Waals surface area contributed by atoms with Crippen LogP contribution in [0.25, 0.3) is 11.4 Å². The van der Waals surface area contributed by atoms with Crippen LogP contribution in [0.2, 0.25) is 0 Å². The Morgan fingerprint density at radius 2 is 1.84 bits per heavy atom. The van der Waals surface area contributed by atoms with Gasteiger partial charge in [0.05, 0.1) is 29.6 Å². The van der Waals surface area contributed by atoms with Crippen molar-refractivity contribution in [3.63, 3.8) is 0 Å². The molecule has 0 bridgehead atoms. The van der Waals surface area contributed by atoms with Gasteiger partial charge in [-0.15, -0.1) is 0 Å². The summed E-state index contributed by atoms with van der Waals surface area (Å²) < 4.78 is 20.7. The number of amides is 1. The maximum Gasteiger partial charge on any atom is 0.350 e. The minimum atomic E-state index is -1.14. The first-order valence-corrected chi connectivity index (χ1v) is 12.6. The van der Waals surface area contributed by atoms with Crippen molar-refractivity contribution in [3.8, 4) is 0 Å². The molecule has 1 fully saturated rings. The van der Waals surface area contributed by atoms with Gasteiger partial charge in [0.15, 0.2) is 10.9 Å². The van der Waals surface area contributed by atoms with Crippen molar-refractivity contribution in [3.05, 3.63) is 87.1 Å². The average Bonchev–Trinajstić information content (AvgIpc) is 3.52. The Bertz CT molecular complexity index is 1650. The second-order valence-electron chi connectivity index (χ2n) is 8.78. The van der Waals surface area contributed by atoms with Crippen molar-refractivity contribution in [1.29, 1.82) is 0 Å². The number of fused-ring (bicyclic) bond motifs is 1. The molecule has 5 rings (SSSR count). The summed E-state index contributed by atoms with van der Waals surface area (Å²) in [6.45, 7) is 7.04. The smallest absolute Gasteiger partial charge is 0.350 e. The summed E-state index contributed by atoms with van der Waals surface area (Å²) in [5.74, 6) is -3.45. The number of imidazole rings is 1. The van der Waals surface area contributed by atoms with Crippen LogP contribution < -0.4 is 4.90 Å². The molecule has 38 heavy (non-hydrogen) atoms. The van der Waals surface area contributed by atoms with Crippen molar-refractivity contribution < 1.29 is 28.6 Å². The van der Waals surface area contributed by atoms with Crippen molar-refractivity contribution in [2.75, 3.05) is 11.5 Å². The third-order valence-corrected chi connectivity index (χ3v) is 7.53. The Balaban J connectivity index is 1.73. The fourth-order valence-electron chi connectivity index (χ4n) is 4.54. The first kappa shape index (κ1) is 25.3. The van der Waals surface area contributed by atoms with Crippen LogP contribution >= 0.6 is 11.3 Å². The molecule has 0 radical (unpaired) electrons. The molecule has 1 saturated heterocycles. The van der Waals surface area contributed by atoms with E-state index in [0.29, 0.717) is 22.6 Å². The number of Topliss-reactive ketones (excluding diaryl/α,β-unsaturated/α-hetero) is 1. The molecule has 1 aromatic carbocycles. The van der Waals surface area contributed by atoms with Crippen molar-refractivity contribution in [2.45, 2.75) is 33.7 Å². The van der Waals surface area contributed by atoms with E-state index in [-0.39, 0.29) is 27.9 Å². The second kappa shape index (κ2) is 9.49. The van der Waals surface area contributed by atoms with Crippen LogP contribution in [0.3, 0.4) is 0 Å². The normalized spacial score (nSPS) is 17.0. The maximum absolute atomic E-state index is 13.8. The highest BCUT2D eigenvalue weighted by atomic mass is 32.1. The minimum Gasteiger partial charge on any atom is -0.505 e. The Morgan fingerprint density at radius 1 is 1.13 bits per heavy atom. The molecule has 9 nitrogen and oxygen atoms in total. The van der Waals surface area contributed by atoms with E-state index in [1.54, 1.807) is 31.4 Å². The van der Waals surface area contributed by atoms with Gasteiger partial charge in [-0.25, -0.2) is 19.2 Å². The van der Waals surface area contributed by atoms with E-state index in [4.69, 9.17) is 4.74 Å². The number of halogens is 1. The number of anilines is 1. The topological polar surface area (TPSA) is 114 Å². The molecule has 4 aromatic rings. The fraction of sp³-hybridized carbons (Fsp3) is 0.222. The number of benzene rings is 1. The first-order chi connectivity index (χ1) is 18.1. The fourth-order valence-corrected chi connectivity index (χ4v) is 5.52. The van der Waals surface area contributed by atoms with E-state index < -0.39 is 35.3 Å². The van der Waals surface area contributed by atoms with Gasteiger partial charge in [0.25, 0.3) is 5.78 Å². The van der Waals surface area contributed by atoms with E-state index in [2.05, 4.69) is 9.97 Å². The number of carbonyl (C=O) groups is 3. The van der Waals surface area contributed by atoms with Crippen molar-refractivity contribution in [2.24, 2.45) is 0 Å². The van der Waals surface area contributed by atoms with Crippen LogP contribution in [0.1, 0.15) is 50.8 Å². The van der Waals surface area contributed by atoms with Gasteiger partial charge < -0.3 is 14.2 Å². The molecule has 0 saturated carbocycles. The van der Waals surface area contributed by atoms with Crippen LogP contribution in [0.4, 0.5) is 9.52 Å². The second-order valence-corrected chi connectivity index (χ2v) is 9.76. The summed E-state index contributed by atoms with van der Waals surface area (Å²) in [5, 5.41) is 11.6. The highest BCUT2D eigenvalue weighted by Gasteiger charge is 2.49. The van der Waals surface area contributed by atoms with Crippen LogP contribution in [-0.2, 0) is 14.3 Å². The minimum absolute atomic E-state index is 0.0728. The molecule has 1 aliphatic heterocycles. The lowest BCUT2D eigenvalue weighted by Crippen LogP contribution is -2.29. The number of ketones is 1. The summed E-state index contributed by atoms with van der Waals surface area (Å²) in [5.41, 5.74) is 2.65. The maximum atomic E-state index is 13.8. The van der Waals surface area contributed by atoms with Gasteiger partial charge in [-0.05, 0) is 57.0 Å². The summed E-state index contributed by atoms with van der Waals surface area (Å²) in [6, 6.07) is 7.83. The lowest BCUT2D eigenvalue weighted by molar-refractivity contribution is -0.132. The number of carbonyl (C=O) groups excluding carboxylic acids is 3. The van der Waals surface area contributed by atoms with Gasteiger partial charge in [-0.3, -0.25) is 14.5 Å². The molecule has 3 aromatic heterocycles. The molecule has 1 amide bonds. The zero-order valence-corrected chi connectivity index (χ0v) is 21.8. The number of pyridine rings is 1. The lowest BCUT2D eigenvalue weighted by atomic mass is 9.96. The number of rotatable bonds is 5. The average molecular weight is 535 g/mol. The Labute approximate surface area is 220 Å². The highest BCUT2D eigenvalue weighted by Crippen LogP contribution is 2.44. The molecule has 1 N–H and O–H groups in total. The molecule has 1 atom stereocenters. The predicted octanol–water partition coefficient (Wildman–Crippen LogP) is 4.66. The van der Waals surface area contributed by atoms with Crippen LogP contribution in [0.5, 0.6) is 0 Å². The van der Waals surface area contributed by atoms with Gasteiger partial charge in [-0.1, -0.05) is 29.5 Å². The number of esters is 1. The number of hydrogen-bond donors (Lipinski definition) is 1. The van der Waals surface area contributed by atoms with Crippen LogP contribution in [0.15, 0.2) is 48.2 Å². The van der Waals surface area contributed by atoms with Gasteiger partial charge in [0, 0.05) is 6.20 Å². The molecule has 0 spiro atoms. The predicted molar refractivity (Wildman–Crippen MR) is 139 cm³/mol. The van der Waals surface area contributed by atoms with Crippen molar-refractivity contribution in [1.82, 2.24) is 14.4 Å². The SMILES string of the molecule is CCOC(=O)c1sc(N2C(=O)C(=O)/C(=C(/O)c3nc4c(C)cccn4c3C)C2c2ccc(F)cc2)nc1C. The number of hydrogen-bond acceptors (Lipinski definition) is 8. The number of thiazole rings is 1. The number of aryl methyl sites for hydroxylation is 3. The van der Waals surface area contributed by atoms with Crippen LogP contribution in [-0.4, -0.2) is 43.7 Å². The largest absolute Gasteiger partial charge is 0.505 e. The lowest BCUT2D eigenvalue weighted by Gasteiger charge is -2.22. The Kier molecular flexibility index (Phi) is 6.31. The van der Waals surface area contributed by atoms with E-state index in [0.717, 1.165) is 21.8 Å². The first-order valence-electron chi connectivity index (χ1n) is 11.8. The molecule has 11 heteroatoms. The van der Waals surface area contributed by atoms with Gasteiger partial charge in [-0.2, -0.15) is 0 Å². The van der Waals surface area contributed by atoms with E-state index in [9.17, 15) is 23.9 Å². The molecular weight excluding hydrogens is 511 g/mol. The quantitative estimate of drug-likeness (QED) is 0.171. The van der Waals surface area contributed by atoms with E-state index in [1.165, 1.54) is 24.3 Å². The number of aliphatic hydroxyl groups excluding tert-OH is 1. The Hall–Kier alpha value is -4.38. The van der Waals surface area contributed by atoms with Crippen molar-refractivity contribution >= 4 is 45.5 Å². The summed E-state index contributed by atoms with van der Waals surface area (Å²) in [6.07, 6.45) is 1.78. The molecule has 4 heterocycles. The summed E-state index contributed by atoms with van der Waals surface area (Å²) in [4.78, 5) is 49.5. The molecular formula is C27H23FN4O5S. The number of nitrogens with zero attached hydrogens (tertiary/aromatic N) is 4. The number of aliphatic hydroxyl groups is 1. The van der Waals surface area contributed by atoms with Gasteiger partial charge >= 0.3 is 11.9 Å². The molecule has 0 aliphatic carbocycles. The standard InChI is InChI=1S/C27H23FN4O5S/c1-5-37-26(36)23-14(3)29-27(38-23)32-20(16-8-10-17(28)11-9-16)18(22(34)25(32)35)21(33)19-15(4)31-12-6-7-13(2)24(31)30-19/h6-12,20,33H,5H2,1-4H3/b21-18+. The Morgan fingerprint density at radius 3 is 2.50 bits per heavy atom. The monoisotopic (exact) mass is 534 g/mol. The number of ether oxygens (including phenoxy) is 1. The molecule has 194 valence electrons. The van der Waals surface area contributed by atoms with Crippen LogP contribution in [0, 0.1) is 26.6 Å². The zero-order chi connectivity index (χ0) is 27.3. The van der Waals surface area contributed by atoms with Gasteiger partial charge in [0.2, 0.25) is 0 Å². The number of aromatic nitrogens is 3.